The van der Waals surface area contributed by atoms with E-state index in [9.17, 15) is 0 Å². The van der Waals surface area contributed by atoms with Gasteiger partial charge in [-0.1, -0.05) is 48.8 Å². The maximum absolute atomic E-state index is 6.11. The molecule has 1 aromatic carbocycles. The zero-order valence-electron chi connectivity index (χ0n) is 11.9. The number of aromatic nitrogens is 3. The van der Waals surface area contributed by atoms with Crippen molar-refractivity contribution < 1.29 is 0 Å². The van der Waals surface area contributed by atoms with Crippen molar-refractivity contribution in [2.75, 3.05) is 11.7 Å². The van der Waals surface area contributed by atoms with Crippen molar-refractivity contribution >= 4 is 34.8 Å². The van der Waals surface area contributed by atoms with E-state index in [2.05, 4.69) is 32.6 Å². The first-order chi connectivity index (χ1) is 10.2. The average Bonchev–Trinajstić information content (AvgIpc) is 2.53. The summed E-state index contributed by atoms with van der Waals surface area (Å²) >= 11 is 7.56. The van der Waals surface area contributed by atoms with Crippen LogP contribution in [0, 0.1) is 0 Å². The Bertz CT molecular complexity index is 632. The lowest BCUT2D eigenvalue weighted by molar-refractivity contribution is 0.828. The van der Waals surface area contributed by atoms with Crippen molar-refractivity contribution in [1.82, 2.24) is 15.2 Å². The first kappa shape index (κ1) is 15.7. The van der Waals surface area contributed by atoms with Gasteiger partial charge < -0.3 is 0 Å². The highest BCUT2D eigenvalue weighted by atomic mass is 35.5. The number of hydrogen-bond acceptors (Lipinski definition) is 6. The molecule has 0 spiro atoms. The molecule has 2 rings (SSSR count). The van der Waals surface area contributed by atoms with Crippen molar-refractivity contribution in [3.63, 3.8) is 0 Å². The fourth-order valence-electron chi connectivity index (χ4n) is 1.67. The number of thioether (sulfide) groups is 1. The predicted octanol–water partition coefficient (Wildman–Crippen LogP) is 3.86. The number of rotatable bonds is 6. The van der Waals surface area contributed by atoms with Gasteiger partial charge in [-0.15, -0.1) is 5.10 Å². The highest BCUT2D eigenvalue weighted by Crippen LogP contribution is 2.20. The summed E-state index contributed by atoms with van der Waals surface area (Å²) in [5.74, 6) is 0. The fourth-order valence-corrected chi connectivity index (χ4v) is 2.17. The summed E-state index contributed by atoms with van der Waals surface area (Å²) in [5.41, 5.74) is 5.33. The second-order valence-corrected chi connectivity index (χ2v) is 5.41. The summed E-state index contributed by atoms with van der Waals surface area (Å²) in [6.07, 6.45) is 5.30. The third-order valence-electron chi connectivity index (χ3n) is 2.69. The smallest absolute Gasteiger partial charge is 0.209 e. The molecule has 0 bridgehead atoms. The maximum Gasteiger partial charge on any atom is 0.209 e. The van der Waals surface area contributed by atoms with Crippen LogP contribution in [0.2, 0.25) is 5.02 Å². The van der Waals surface area contributed by atoms with Gasteiger partial charge in [0.1, 0.15) is 5.69 Å². The van der Waals surface area contributed by atoms with E-state index >= 15 is 0 Å². The van der Waals surface area contributed by atoms with Crippen LogP contribution >= 0.6 is 23.4 Å². The average molecular weight is 322 g/mol. The molecule has 2 aromatic rings. The van der Waals surface area contributed by atoms with Crippen LogP contribution in [0.1, 0.15) is 25.5 Å². The highest BCUT2D eigenvalue weighted by molar-refractivity contribution is 7.98. The van der Waals surface area contributed by atoms with Gasteiger partial charge in [-0.05, 0) is 24.8 Å². The number of hydrogen-bond donors (Lipinski definition) is 1. The van der Waals surface area contributed by atoms with E-state index in [0.717, 1.165) is 29.9 Å². The summed E-state index contributed by atoms with van der Waals surface area (Å²) in [4.78, 5) is 4.43. The predicted molar refractivity (Wildman–Crippen MR) is 88.1 cm³/mol. The van der Waals surface area contributed by atoms with Crippen LogP contribution in [0.25, 0.3) is 0 Å². The van der Waals surface area contributed by atoms with E-state index in [-0.39, 0.29) is 0 Å². The van der Waals surface area contributed by atoms with Crippen molar-refractivity contribution in [2.24, 2.45) is 5.10 Å². The molecule has 1 N–H and O–H groups in total. The zero-order chi connectivity index (χ0) is 15.1. The van der Waals surface area contributed by atoms with Crippen LogP contribution in [-0.2, 0) is 0 Å². The van der Waals surface area contributed by atoms with Gasteiger partial charge in [-0.2, -0.15) is 10.2 Å². The Balaban J connectivity index is 2.25. The molecule has 0 saturated carbocycles. The topological polar surface area (TPSA) is 63.1 Å². The highest BCUT2D eigenvalue weighted by Gasteiger charge is 2.08. The molecule has 5 nitrogen and oxygen atoms in total. The number of para-hydroxylation sites is 1. The van der Waals surface area contributed by atoms with E-state index < -0.39 is 0 Å². The number of nitrogens with one attached hydrogen (secondary N) is 1. The number of hydrazone groups is 1. The van der Waals surface area contributed by atoms with Crippen LogP contribution in [0.5, 0.6) is 0 Å². The molecule has 0 atom stereocenters. The number of benzene rings is 1. The van der Waals surface area contributed by atoms with Gasteiger partial charge in [0.2, 0.25) is 5.16 Å². The molecule has 0 aliphatic carbocycles. The van der Waals surface area contributed by atoms with Crippen molar-refractivity contribution in [3.8, 4) is 0 Å². The minimum absolute atomic E-state index is 0.628. The van der Waals surface area contributed by atoms with E-state index in [1.165, 1.54) is 11.8 Å². The number of anilines is 1. The lowest BCUT2D eigenvalue weighted by Gasteiger charge is -2.07. The third-order valence-corrected chi connectivity index (χ3v) is 3.56. The Morgan fingerprint density at radius 2 is 2.19 bits per heavy atom. The van der Waals surface area contributed by atoms with E-state index in [1.807, 2.05) is 30.5 Å². The van der Waals surface area contributed by atoms with E-state index in [1.54, 1.807) is 6.20 Å². The van der Waals surface area contributed by atoms with Gasteiger partial charge in [-0.25, -0.2) is 4.98 Å². The molecule has 0 saturated heterocycles. The molecule has 1 aromatic heterocycles. The molecule has 7 heteroatoms. The van der Waals surface area contributed by atoms with Crippen LogP contribution in [0.4, 0.5) is 5.69 Å². The fraction of sp³-hybridized carbons (Fsp3) is 0.286. The van der Waals surface area contributed by atoms with Crippen molar-refractivity contribution in [3.05, 3.63) is 41.2 Å². The van der Waals surface area contributed by atoms with Gasteiger partial charge in [0.25, 0.3) is 0 Å². The molecule has 0 radical (unpaired) electrons. The molecule has 21 heavy (non-hydrogen) atoms. The third kappa shape index (κ3) is 4.41. The normalized spacial score (nSPS) is 11.5. The van der Waals surface area contributed by atoms with Crippen LogP contribution in [0.15, 0.2) is 40.7 Å². The molecule has 0 aliphatic heterocycles. The lowest BCUT2D eigenvalue weighted by Crippen LogP contribution is -2.09. The standard InChI is InChI=1S/C14H16ClN5S/c1-3-6-12(13-9-16-20-14(17-13)21-2)19-18-11-8-5-4-7-10(11)15/h4-5,7-9,18H,3,6H2,1-2H3. The molecule has 0 fully saturated rings. The van der Waals surface area contributed by atoms with E-state index in [0.29, 0.717) is 10.2 Å². The largest absolute Gasteiger partial charge is 0.277 e. The second-order valence-electron chi connectivity index (χ2n) is 4.23. The van der Waals surface area contributed by atoms with E-state index in [4.69, 9.17) is 11.6 Å². The van der Waals surface area contributed by atoms with Gasteiger partial charge in [0.15, 0.2) is 0 Å². The van der Waals surface area contributed by atoms with Crippen LogP contribution < -0.4 is 5.43 Å². The Labute approximate surface area is 133 Å². The molecule has 110 valence electrons. The lowest BCUT2D eigenvalue weighted by atomic mass is 10.2. The summed E-state index contributed by atoms with van der Waals surface area (Å²) in [6, 6.07) is 7.47. The summed E-state index contributed by atoms with van der Waals surface area (Å²) in [7, 11) is 0. The molecular weight excluding hydrogens is 306 g/mol. The molecular formula is C14H16ClN5S. The number of halogens is 1. The minimum atomic E-state index is 0.628. The molecule has 0 aliphatic rings. The monoisotopic (exact) mass is 321 g/mol. The molecule has 0 unspecified atom stereocenters. The Morgan fingerprint density at radius 1 is 1.38 bits per heavy atom. The molecule has 0 amide bonds. The maximum atomic E-state index is 6.11. The molecule has 1 heterocycles. The van der Waals surface area contributed by atoms with Crippen LogP contribution in [0.3, 0.4) is 0 Å². The Hall–Kier alpha value is -1.66. The van der Waals surface area contributed by atoms with Crippen molar-refractivity contribution in [1.29, 1.82) is 0 Å². The first-order valence-electron chi connectivity index (χ1n) is 6.55. The minimum Gasteiger partial charge on any atom is -0.277 e. The first-order valence-corrected chi connectivity index (χ1v) is 8.16. The van der Waals surface area contributed by atoms with Gasteiger partial charge in [0.05, 0.1) is 22.6 Å². The Kier molecular flexibility index (Phi) is 5.95. The summed E-state index contributed by atoms with van der Waals surface area (Å²) < 4.78 is 0. The SMILES string of the molecule is CCCC(=NNc1ccccc1Cl)c1cnnc(SC)n1. The Morgan fingerprint density at radius 3 is 2.90 bits per heavy atom. The summed E-state index contributed by atoms with van der Waals surface area (Å²) in [6.45, 7) is 2.09. The quantitative estimate of drug-likeness (QED) is 0.497. The number of nitrogens with zero attached hydrogens (tertiary/aromatic N) is 4. The summed E-state index contributed by atoms with van der Waals surface area (Å²) in [5, 5.41) is 13.6. The van der Waals surface area contributed by atoms with Gasteiger partial charge >= 0.3 is 0 Å². The second kappa shape index (κ2) is 7.95. The van der Waals surface area contributed by atoms with Crippen molar-refractivity contribution in [2.45, 2.75) is 24.9 Å². The van der Waals surface area contributed by atoms with Crippen LogP contribution in [-0.4, -0.2) is 27.1 Å². The van der Waals surface area contributed by atoms with Gasteiger partial charge in [-0.3, -0.25) is 5.43 Å². The van der Waals surface area contributed by atoms with Gasteiger partial charge in [0, 0.05) is 0 Å². The zero-order valence-corrected chi connectivity index (χ0v) is 13.4.